The zero-order valence-electron chi connectivity index (χ0n) is 3.95. The van der Waals surface area contributed by atoms with Gasteiger partial charge in [-0.2, -0.15) is 0 Å². The molecule has 0 atom stereocenters. The zero-order chi connectivity index (χ0) is 5.15. The molecule has 0 aliphatic carbocycles. The number of nitrogens with zero attached hydrogens (tertiary/aromatic N) is 1. The van der Waals surface area contributed by atoms with Gasteiger partial charge in [-0.1, -0.05) is 0 Å². The first-order valence-electron chi connectivity index (χ1n) is 1.12. The van der Waals surface area contributed by atoms with Gasteiger partial charge in [0.05, 0.1) is 0 Å². The van der Waals surface area contributed by atoms with Crippen LogP contribution in [0.15, 0.2) is 0 Å². The smallest absolute Gasteiger partial charge is 0.297 e. The lowest BCUT2D eigenvalue weighted by molar-refractivity contribution is -0.218. The van der Waals surface area contributed by atoms with E-state index in [0.717, 1.165) is 3.94 Å². The number of quaternary nitrogens is 1. The molecule has 0 unspecified atom stereocenters. The van der Waals surface area contributed by atoms with Crippen molar-refractivity contribution in [1.29, 1.82) is 0 Å². The third kappa shape index (κ3) is 17.6. The fraction of sp³-hybridized carbons (Fsp3) is 0. The molecule has 0 saturated heterocycles. The lowest BCUT2D eigenvalue weighted by Crippen LogP contribution is -3.00. The van der Waals surface area contributed by atoms with Gasteiger partial charge in [0.25, 0.3) is 5.11 Å². The SMILES string of the molecule is [Cl-].[Cl-].[Cl-].[NH3+]C(=S)N(Cl)Cl. The van der Waals surface area contributed by atoms with Crippen LogP contribution in [0.3, 0.4) is 0 Å². The lowest BCUT2D eigenvalue weighted by atomic mass is 11.3. The minimum Gasteiger partial charge on any atom is -1.00 e. The van der Waals surface area contributed by atoms with Crippen LogP contribution in [-0.2, 0) is 0 Å². The summed E-state index contributed by atoms with van der Waals surface area (Å²) in [7, 11) is 0. The molecule has 8 heteroatoms. The van der Waals surface area contributed by atoms with E-state index in [9.17, 15) is 0 Å². The summed E-state index contributed by atoms with van der Waals surface area (Å²) >= 11 is 14.4. The second-order valence-corrected chi connectivity index (χ2v) is 1.95. The molecule has 60 valence electrons. The molecular weight excluding hydrogens is 249 g/mol. The molecule has 9 heavy (non-hydrogen) atoms. The maximum absolute atomic E-state index is 5.01. The quantitative estimate of drug-likeness (QED) is 0.343. The number of hydrogen-bond donors (Lipinski definition) is 1. The first kappa shape index (κ1) is 22.4. The van der Waals surface area contributed by atoms with Gasteiger partial charge in [-0.25, -0.2) is 0 Å². The molecule has 0 aromatic heterocycles. The summed E-state index contributed by atoms with van der Waals surface area (Å²) in [5.74, 6) is 0. The predicted molar refractivity (Wildman–Crippen MR) is 29.0 cm³/mol. The van der Waals surface area contributed by atoms with Crippen molar-refractivity contribution in [2.75, 3.05) is 0 Å². The Labute approximate surface area is 87.5 Å². The van der Waals surface area contributed by atoms with Crippen molar-refractivity contribution in [3.8, 4) is 0 Å². The summed E-state index contributed by atoms with van der Waals surface area (Å²) in [5, 5.41) is 0.207. The van der Waals surface area contributed by atoms with Crippen molar-refractivity contribution >= 4 is 40.9 Å². The highest BCUT2D eigenvalue weighted by atomic mass is 35.5. The Morgan fingerprint density at radius 1 is 1.22 bits per heavy atom. The molecule has 0 spiro atoms. The van der Waals surface area contributed by atoms with Crippen molar-refractivity contribution < 1.29 is 43.0 Å². The number of thiocarbonyl (C=S) groups is 1. The van der Waals surface area contributed by atoms with Crippen molar-refractivity contribution in [1.82, 2.24) is 3.94 Å². The van der Waals surface area contributed by atoms with E-state index >= 15 is 0 Å². The standard InChI is InChI=1S/CH2Cl2N2S.3ClH/c2-5(3)1(4)6;;;/h(H2,4,6);3*1H/p-2. The number of hydrogen-bond acceptors (Lipinski definition) is 1. The van der Waals surface area contributed by atoms with E-state index in [-0.39, 0.29) is 42.3 Å². The Kier molecular flexibility index (Phi) is 30.0. The molecule has 0 amide bonds. The Bertz CT molecular complexity index is 66.0. The van der Waals surface area contributed by atoms with Gasteiger partial charge >= 0.3 is 0 Å². The predicted octanol–water partition coefficient (Wildman–Crippen LogP) is -8.87. The van der Waals surface area contributed by atoms with Crippen LogP contribution in [0.25, 0.3) is 0 Å². The van der Waals surface area contributed by atoms with Crippen LogP contribution < -0.4 is 43.0 Å². The summed E-state index contributed by atoms with van der Waals surface area (Å²) in [6, 6.07) is 0. The van der Waals surface area contributed by atoms with Crippen molar-refractivity contribution in [2.45, 2.75) is 0 Å². The molecule has 0 fully saturated rings. The molecule has 0 aliphatic heterocycles. The lowest BCUT2D eigenvalue weighted by Gasteiger charge is -1.91. The highest BCUT2D eigenvalue weighted by Crippen LogP contribution is 1.93. The first-order valence-corrected chi connectivity index (χ1v) is 2.20. The van der Waals surface area contributed by atoms with Crippen molar-refractivity contribution in [3.63, 3.8) is 0 Å². The Hall–Kier alpha value is 1.30. The molecule has 0 aromatic rings. The number of halogens is 5. The highest BCUT2D eigenvalue weighted by Gasteiger charge is 1.96. The van der Waals surface area contributed by atoms with Gasteiger partial charge in [0, 0.05) is 35.8 Å². The molecule has 2 nitrogen and oxygen atoms in total. The Morgan fingerprint density at radius 2 is 1.33 bits per heavy atom. The summed E-state index contributed by atoms with van der Waals surface area (Å²) in [6.45, 7) is 0. The minimum absolute atomic E-state index is 0. The van der Waals surface area contributed by atoms with Gasteiger partial charge in [0.2, 0.25) is 0 Å². The molecule has 0 aromatic carbocycles. The minimum atomic E-state index is 0. The molecule has 0 aliphatic rings. The second kappa shape index (κ2) is 12.0. The molecule has 0 heterocycles. The van der Waals surface area contributed by atoms with Crippen LogP contribution in [0.4, 0.5) is 0 Å². The van der Waals surface area contributed by atoms with Crippen LogP contribution in [0.2, 0.25) is 0 Å². The van der Waals surface area contributed by atoms with E-state index in [1.165, 1.54) is 0 Å². The van der Waals surface area contributed by atoms with Crippen LogP contribution in [0, 0.1) is 0 Å². The summed E-state index contributed by atoms with van der Waals surface area (Å²) in [5.41, 5.74) is 3.23. The topological polar surface area (TPSA) is 30.9 Å². The number of rotatable bonds is 0. The molecular formula is CH3Cl5N2S-2. The van der Waals surface area contributed by atoms with Crippen LogP contribution >= 0.6 is 35.8 Å². The van der Waals surface area contributed by atoms with E-state index in [0.29, 0.717) is 0 Å². The average Bonchev–Trinajstić information content (AvgIpc) is 1.36. The molecule has 0 saturated carbocycles. The molecule has 0 rings (SSSR count). The maximum atomic E-state index is 5.01. The van der Waals surface area contributed by atoms with E-state index in [2.05, 4.69) is 18.0 Å². The van der Waals surface area contributed by atoms with Crippen LogP contribution in [0.1, 0.15) is 0 Å². The zero-order valence-corrected chi connectivity index (χ0v) is 8.55. The van der Waals surface area contributed by atoms with E-state index < -0.39 is 0 Å². The molecule has 0 radical (unpaired) electrons. The largest absolute Gasteiger partial charge is 1.00 e. The third-order valence-electron chi connectivity index (χ3n) is 0.189. The molecule has 0 bridgehead atoms. The van der Waals surface area contributed by atoms with Crippen molar-refractivity contribution in [2.24, 2.45) is 0 Å². The van der Waals surface area contributed by atoms with E-state index in [1.54, 1.807) is 0 Å². The normalized spacial score (nSPS) is 5.22. The van der Waals surface area contributed by atoms with E-state index in [4.69, 9.17) is 23.6 Å². The van der Waals surface area contributed by atoms with E-state index in [1.807, 2.05) is 0 Å². The Morgan fingerprint density at radius 3 is 1.33 bits per heavy atom. The van der Waals surface area contributed by atoms with Gasteiger partial charge < -0.3 is 37.2 Å². The van der Waals surface area contributed by atoms with Gasteiger partial charge in [-0.05, 0) is 0 Å². The molecule has 3 N–H and O–H groups in total. The highest BCUT2D eigenvalue weighted by molar-refractivity contribution is 7.79. The van der Waals surface area contributed by atoms with Gasteiger partial charge in [-0.3, -0.25) is 5.73 Å². The van der Waals surface area contributed by atoms with Crippen LogP contribution in [-0.4, -0.2) is 9.05 Å². The maximum Gasteiger partial charge on any atom is 0.297 e. The average molecular weight is 252 g/mol. The summed E-state index contributed by atoms with van der Waals surface area (Å²) in [6.07, 6.45) is 0. The summed E-state index contributed by atoms with van der Waals surface area (Å²) < 4.78 is 0.731. The van der Waals surface area contributed by atoms with Gasteiger partial charge in [-0.15, -0.1) is 3.94 Å². The first-order chi connectivity index (χ1) is 2.64. The monoisotopic (exact) mass is 250 g/mol. The van der Waals surface area contributed by atoms with Crippen molar-refractivity contribution in [3.05, 3.63) is 0 Å². The van der Waals surface area contributed by atoms with Crippen LogP contribution in [0.5, 0.6) is 0 Å². The summed E-state index contributed by atoms with van der Waals surface area (Å²) in [4.78, 5) is 0. The van der Waals surface area contributed by atoms with Gasteiger partial charge in [0.1, 0.15) is 0 Å². The fourth-order valence-corrected chi connectivity index (χ4v) is 0. The fourth-order valence-electron chi connectivity index (χ4n) is 0. The third-order valence-corrected chi connectivity index (χ3v) is 0.980. The second-order valence-electron chi connectivity index (χ2n) is 0.627. The Balaban J connectivity index is -0.0000000417. The van der Waals surface area contributed by atoms with Gasteiger partial charge in [0.15, 0.2) is 0 Å².